The van der Waals surface area contributed by atoms with Crippen LogP contribution in [0.5, 0.6) is 0 Å². The lowest BCUT2D eigenvalue weighted by Crippen LogP contribution is -2.38. The number of nitrogens with one attached hydrogen (secondary N) is 1. The van der Waals surface area contributed by atoms with Crippen LogP contribution in [0.15, 0.2) is 12.5 Å². The van der Waals surface area contributed by atoms with E-state index < -0.39 is 0 Å². The lowest BCUT2D eigenvalue weighted by atomic mass is 9.87. The molecule has 2 rings (SSSR count). The Morgan fingerprint density at radius 1 is 1.59 bits per heavy atom. The minimum absolute atomic E-state index is 0.107. The van der Waals surface area contributed by atoms with Crippen LogP contribution in [0.3, 0.4) is 0 Å². The number of aliphatic hydroxyl groups is 1. The van der Waals surface area contributed by atoms with E-state index in [1.807, 2.05) is 7.05 Å². The van der Waals surface area contributed by atoms with Gasteiger partial charge in [0.2, 0.25) is 0 Å². The Bertz CT molecular complexity index is 394. The van der Waals surface area contributed by atoms with Crippen LogP contribution in [0.25, 0.3) is 0 Å². The number of imidazole rings is 1. The number of amides is 1. The summed E-state index contributed by atoms with van der Waals surface area (Å²) < 4.78 is 1.74. The third-order valence-electron chi connectivity index (χ3n) is 3.56. The normalized spacial score (nSPS) is 18.2. The van der Waals surface area contributed by atoms with Crippen LogP contribution in [-0.2, 0) is 7.05 Å². The average Bonchev–Trinajstić information content (AvgIpc) is 2.95. The second kappa shape index (κ2) is 4.87. The first-order valence-corrected chi connectivity index (χ1v) is 6.02. The molecular weight excluding hydrogens is 218 g/mol. The fraction of sp³-hybridized carbons (Fsp3) is 0.667. The molecule has 1 aliphatic rings. The van der Waals surface area contributed by atoms with Gasteiger partial charge in [-0.05, 0) is 12.8 Å². The van der Waals surface area contributed by atoms with Gasteiger partial charge in [0.15, 0.2) is 0 Å². The van der Waals surface area contributed by atoms with Gasteiger partial charge in [-0.3, -0.25) is 4.79 Å². The van der Waals surface area contributed by atoms with Gasteiger partial charge in [-0.2, -0.15) is 0 Å². The van der Waals surface area contributed by atoms with Gasteiger partial charge in [0.25, 0.3) is 5.91 Å². The van der Waals surface area contributed by atoms with Gasteiger partial charge in [-0.15, -0.1) is 0 Å². The molecule has 1 aliphatic carbocycles. The molecule has 0 saturated heterocycles. The number of hydrogen-bond donors (Lipinski definition) is 2. The Kier molecular flexibility index (Phi) is 3.47. The second-order valence-electron chi connectivity index (χ2n) is 4.97. The molecule has 0 aromatic carbocycles. The van der Waals surface area contributed by atoms with Crippen molar-refractivity contribution < 1.29 is 9.90 Å². The number of aryl methyl sites for hydroxylation is 1. The summed E-state index contributed by atoms with van der Waals surface area (Å²) >= 11 is 0. The molecule has 0 aliphatic heterocycles. The third kappa shape index (κ3) is 2.66. The molecule has 5 heteroatoms. The van der Waals surface area contributed by atoms with E-state index >= 15 is 0 Å². The number of rotatable bonds is 4. The van der Waals surface area contributed by atoms with Crippen molar-refractivity contribution in [3.05, 3.63) is 18.2 Å². The van der Waals surface area contributed by atoms with Crippen molar-refractivity contribution in [1.29, 1.82) is 0 Å². The van der Waals surface area contributed by atoms with Crippen LogP contribution in [0.2, 0.25) is 0 Å². The molecule has 1 saturated carbocycles. The van der Waals surface area contributed by atoms with Crippen molar-refractivity contribution in [1.82, 2.24) is 14.9 Å². The highest BCUT2D eigenvalue weighted by molar-refractivity contribution is 5.92. The minimum Gasteiger partial charge on any atom is -0.396 e. The van der Waals surface area contributed by atoms with E-state index in [2.05, 4.69) is 10.3 Å². The molecule has 17 heavy (non-hydrogen) atoms. The Morgan fingerprint density at radius 2 is 2.29 bits per heavy atom. The lowest BCUT2D eigenvalue weighted by Gasteiger charge is -2.26. The standard InChI is InChI=1S/C12H19N3O2/c1-15-6-10(14-9-15)11(17)13-7-12(8-16)4-2-3-5-12/h6,9,16H,2-5,7-8H2,1H3,(H,13,17). The first kappa shape index (κ1) is 12.1. The lowest BCUT2D eigenvalue weighted by molar-refractivity contribution is 0.0876. The smallest absolute Gasteiger partial charge is 0.271 e. The van der Waals surface area contributed by atoms with Crippen LogP contribution in [0.1, 0.15) is 36.2 Å². The van der Waals surface area contributed by atoms with E-state index in [-0.39, 0.29) is 17.9 Å². The summed E-state index contributed by atoms with van der Waals surface area (Å²) in [6, 6.07) is 0. The molecule has 1 aromatic rings. The maximum absolute atomic E-state index is 11.8. The van der Waals surface area contributed by atoms with Gasteiger partial charge in [0.1, 0.15) is 5.69 Å². The minimum atomic E-state index is -0.162. The molecule has 1 fully saturated rings. The number of carbonyl (C=O) groups is 1. The Morgan fingerprint density at radius 3 is 2.82 bits per heavy atom. The van der Waals surface area contributed by atoms with E-state index in [0.717, 1.165) is 25.7 Å². The average molecular weight is 237 g/mol. The largest absolute Gasteiger partial charge is 0.396 e. The Balaban J connectivity index is 1.91. The van der Waals surface area contributed by atoms with Crippen molar-refractivity contribution >= 4 is 5.91 Å². The highest BCUT2D eigenvalue weighted by atomic mass is 16.3. The molecule has 1 aromatic heterocycles. The fourth-order valence-corrected chi connectivity index (χ4v) is 2.40. The summed E-state index contributed by atoms with van der Waals surface area (Å²) in [7, 11) is 1.83. The highest BCUT2D eigenvalue weighted by Gasteiger charge is 2.33. The van der Waals surface area contributed by atoms with Gasteiger partial charge in [0, 0.05) is 25.2 Å². The summed E-state index contributed by atoms with van der Waals surface area (Å²) in [5.41, 5.74) is 0.323. The van der Waals surface area contributed by atoms with Gasteiger partial charge < -0.3 is 15.0 Å². The predicted octanol–water partition coefficient (Wildman–Crippen LogP) is 0.703. The number of hydrogen-bond acceptors (Lipinski definition) is 3. The topological polar surface area (TPSA) is 67.2 Å². The van der Waals surface area contributed by atoms with Crippen LogP contribution in [0.4, 0.5) is 0 Å². The van der Waals surface area contributed by atoms with Crippen LogP contribution >= 0.6 is 0 Å². The molecule has 1 amide bonds. The van der Waals surface area contributed by atoms with Crippen molar-refractivity contribution in [3.63, 3.8) is 0 Å². The molecule has 0 unspecified atom stereocenters. The first-order valence-electron chi connectivity index (χ1n) is 6.02. The van der Waals surface area contributed by atoms with Crippen molar-refractivity contribution in [2.75, 3.05) is 13.2 Å². The van der Waals surface area contributed by atoms with E-state index in [4.69, 9.17) is 0 Å². The molecular formula is C12H19N3O2. The molecule has 1 heterocycles. The van der Waals surface area contributed by atoms with E-state index in [1.165, 1.54) is 0 Å². The summed E-state index contributed by atoms with van der Waals surface area (Å²) in [6.07, 6.45) is 7.56. The summed E-state index contributed by atoms with van der Waals surface area (Å²) in [4.78, 5) is 15.8. The quantitative estimate of drug-likeness (QED) is 0.810. The predicted molar refractivity (Wildman–Crippen MR) is 63.5 cm³/mol. The van der Waals surface area contributed by atoms with Gasteiger partial charge in [-0.25, -0.2) is 4.98 Å². The SMILES string of the molecule is Cn1cnc(C(=O)NCC2(CO)CCCC2)c1. The number of aromatic nitrogens is 2. The summed E-state index contributed by atoms with van der Waals surface area (Å²) in [5.74, 6) is -0.162. The monoisotopic (exact) mass is 237 g/mol. The maximum atomic E-state index is 11.8. The van der Waals surface area contributed by atoms with Crippen molar-refractivity contribution in [2.45, 2.75) is 25.7 Å². The molecule has 5 nitrogen and oxygen atoms in total. The molecule has 0 spiro atoms. The maximum Gasteiger partial charge on any atom is 0.271 e. The number of nitrogens with zero attached hydrogens (tertiary/aromatic N) is 2. The van der Waals surface area contributed by atoms with Gasteiger partial charge >= 0.3 is 0 Å². The number of aliphatic hydroxyl groups excluding tert-OH is 1. The zero-order valence-corrected chi connectivity index (χ0v) is 10.1. The molecule has 0 radical (unpaired) electrons. The molecule has 0 bridgehead atoms. The zero-order chi connectivity index (χ0) is 12.3. The Hall–Kier alpha value is -1.36. The molecule has 94 valence electrons. The molecule has 2 N–H and O–H groups in total. The fourth-order valence-electron chi connectivity index (χ4n) is 2.40. The first-order chi connectivity index (χ1) is 8.15. The molecule has 0 atom stereocenters. The summed E-state index contributed by atoms with van der Waals surface area (Å²) in [5, 5.41) is 12.3. The van der Waals surface area contributed by atoms with E-state index in [1.54, 1.807) is 17.1 Å². The van der Waals surface area contributed by atoms with Gasteiger partial charge in [-0.1, -0.05) is 12.8 Å². The third-order valence-corrected chi connectivity index (χ3v) is 3.56. The van der Waals surface area contributed by atoms with E-state index in [9.17, 15) is 9.90 Å². The summed E-state index contributed by atoms with van der Waals surface area (Å²) in [6.45, 7) is 0.689. The van der Waals surface area contributed by atoms with Crippen molar-refractivity contribution in [3.8, 4) is 0 Å². The second-order valence-corrected chi connectivity index (χ2v) is 4.97. The zero-order valence-electron chi connectivity index (χ0n) is 10.1. The Labute approximate surface area is 101 Å². The van der Waals surface area contributed by atoms with Gasteiger partial charge in [0.05, 0.1) is 12.9 Å². The number of carbonyl (C=O) groups excluding carboxylic acids is 1. The van der Waals surface area contributed by atoms with Crippen LogP contribution in [-0.4, -0.2) is 33.7 Å². The van der Waals surface area contributed by atoms with Crippen LogP contribution in [0, 0.1) is 5.41 Å². The van der Waals surface area contributed by atoms with Crippen molar-refractivity contribution in [2.24, 2.45) is 12.5 Å². The highest BCUT2D eigenvalue weighted by Crippen LogP contribution is 2.36. The van der Waals surface area contributed by atoms with Crippen LogP contribution < -0.4 is 5.32 Å². The van der Waals surface area contributed by atoms with E-state index in [0.29, 0.717) is 12.2 Å².